The van der Waals surface area contributed by atoms with Crippen LogP contribution >= 0.6 is 11.6 Å². The molecule has 0 spiro atoms. The number of rotatable bonds is 12. The molecule has 3 aromatic rings. The summed E-state index contributed by atoms with van der Waals surface area (Å²) in [6.07, 6.45) is 0.572. The first-order valence-electron chi connectivity index (χ1n) is 11.3. The van der Waals surface area contributed by atoms with E-state index in [4.69, 9.17) is 16.3 Å². The fraction of sp³-hybridized carbons (Fsp3) is 0.308. The molecule has 184 valence electrons. The lowest BCUT2D eigenvalue weighted by Gasteiger charge is -2.22. The summed E-state index contributed by atoms with van der Waals surface area (Å²) in [6.45, 7) is 3.61. The van der Waals surface area contributed by atoms with E-state index < -0.39 is 23.8 Å². The first-order valence-corrected chi connectivity index (χ1v) is 11.7. The second kappa shape index (κ2) is 12.3. The number of Topliss-reactive ketones (excluding diaryl/α,β-unsaturated/α-hetero) is 1. The largest absolute Gasteiger partial charge is 0.481 e. The molecule has 0 bridgehead atoms. The van der Waals surface area contributed by atoms with Crippen LogP contribution in [-0.4, -0.2) is 52.2 Å². The number of H-pyrrole nitrogens is 1. The van der Waals surface area contributed by atoms with Crippen LogP contribution in [0, 0.1) is 5.92 Å². The summed E-state index contributed by atoms with van der Waals surface area (Å²) in [7, 11) is 0. The minimum Gasteiger partial charge on any atom is -0.481 e. The van der Waals surface area contributed by atoms with Gasteiger partial charge in [0, 0.05) is 24.6 Å². The average Bonchev–Trinajstić information content (AvgIpc) is 3.33. The van der Waals surface area contributed by atoms with Gasteiger partial charge in [0.15, 0.2) is 11.5 Å². The highest BCUT2D eigenvalue weighted by molar-refractivity contribution is 6.30. The van der Waals surface area contributed by atoms with Crippen molar-refractivity contribution in [1.82, 2.24) is 15.5 Å². The van der Waals surface area contributed by atoms with E-state index in [2.05, 4.69) is 15.5 Å². The number of carbonyl (C=O) groups is 3. The number of hydrogen-bond acceptors (Lipinski definition) is 5. The van der Waals surface area contributed by atoms with Crippen LogP contribution < -0.4 is 5.32 Å². The van der Waals surface area contributed by atoms with E-state index in [-0.39, 0.29) is 30.2 Å². The zero-order valence-electron chi connectivity index (χ0n) is 19.6. The molecule has 0 radical (unpaired) electrons. The molecule has 2 aromatic carbocycles. The number of carbonyl (C=O) groups excluding carboxylic acids is 2. The highest BCUT2D eigenvalue weighted by Gasteiger charge is 2.25. The molecule has 35 heavy (non-hydrogen) atoms. The second-order valence-corrected chi connectivity index (χ2v) is 8.67. The first kappa shape index (κ1) is 26.1. The number of nitrogens with one attached hydrogen (secondary N) is 2. The fourth-order valence-corrected chi connectivity index (χ4v) is 3.89. The van der Waals surface area contributed by atoms with Gasteiger partial charge < -0.3 is 15.2 Å². The standard InChI is InChI=1S/C26H28ClN3O5/c1-3-35-15-20(26(33)34)13-22(28-25(32)24-14-23(16(2)31)29-30-24)11-17-7-9-18(10-8-17)19-5-4-6-21(27)12-19/h4-10,12,14,20,22H,3,11,13,15H2,1-2H3,(H,28,32)(H,29,30)(H,33,34)/t20-,22+/m0/s1. The van der Waals surface area contributed by atoms with Gasteiger partial charge in [-0.2, -0.15) is 5.10 Å². The van der Waals surface area contributed by atoms with Crippen LogP contribution in [0.4, 0.5) is 0 Å². The van der Waals surface area contributed by atoms with Gasteiger partial charge in [-0.05, 0) is 54.7 Å². The summed E-state index contributed by atoms with van der Waals surface area (Å²) in [5, 5.41) is 19.6. The van der Waals surface area contributed by atoms with E-state index in [9.17, 15) is 19.5 Å². The fourth-order valence-electron chi connectivity index (χ4n) is 3.70. The molecule has 0 aliphatic rings. The lowest BCUT2D eigenvalue weighted by molar-refractivity contribution is -0.144. The van der Waals surface area contributed by atoms with Crippen molar-refractivity contribution in [3.63, 3.8) is 0 Å². The quantitative estimate of drug-likeness (QED) is 0.319. The number of amides is 1. The molecule has 8 nitrogen and oxygen atoms in total. The average molecular weight is 498 g/mol. The van der Waals surface area contributed by atoms with Crippen LogP contribution in [0.2, 0.25) is 5.02 Å². The molecule has 1 amide bonds. The highest BCUT2D eigenvalue weighted by atomic mass is 35.5. The maximum Gasteiger partial charge on any atom is 0.308 e. The Morgan fingerprint density at radius 1 is 1.11 bits per heavy atom. The summed E-state index contributed by atoms with van der Waals surface area (Å²) in [4.78, 5) is 36.1. The molecule has 0 aliphatic heterocycles. The summed E-state index contributed by atoms with van der Waals surface area (Å²) >= 11 is 6.10. The van der Waals surface area contributed by atoms with Gasteiger partial charge in [0.05, 0.1) is 12.5 Å². The minimum absolute atomic E-state index is 0.0444. The predicted octanol–water partition coefficient (Wildman–Crippen LogP) is 4.40. The van der Waals surface area contributed by atoms with E-state index in [1.165, 1.54) is 13.0 Å². The Morgan fingerprint density at radius 2 is 1.86 bits per heavy atom. The zero-order chi connectivity index (χ0) is 25.4. The SMILES string of the molecule is CCOC[C@H](C[C@@H](Cc1ccc(-c2cccc(Cl)c2)cc1)NC(=O)c1cc(C(C)=O)[nH]n1)C(=O)O. The van der Waals surface area contributed by atoms with Gasteiger partial charge in [0.25, 0.3) is 5.91 Å². The maximum atomic E-state index is 12.8. The summed E-state index contributed by atoms with van der Waals surface area (Å²) in [6, 6.07) is 16.2. The van der Waals surface area contributed by atoms with Crippen LogP contribution in [-0.2, 0) is 16.0 Å². The van der Waals surface area contributed by atoms with Crippen LogP contribution in [0.1, 0.15) is 46.8 Å². The van der Waals surface area contributed by atoms with Gasteiger partial charge in [0.2, 0.25) is 0 Å². The van der Waals surface area contributed by atoms with E-state index in [0.717, 1.165) is 16.7 Å². The van der Waals surface area contributed by atoms with E-state index in [0.29, 0.717) is 18.1 Å². The van der Waals surface area contributed by atoms with Crippen LogP contribution in [0.25, 0.3) is 11.1 Å². The van der Waals surface area contributed by atoms with Gasteiger partial charge in [-0.25, -0.2) is 0 Å². The molecule has 0 saturated carbocycles. The normalized spacial score (nSPS) is 12.7. The number of benzene rings is 2. The van der Waals surface area contributed by atoms with Crippen molar-refractivity contribution < 1.29 is 24.2 Å². The molecule has 9 heteroatoms. The Kier molecular flexibility index (Phi) is 9.17. The molecule has 1 heterocycles. The molecule has 1 aromatic heterocycles. The maximum absolute atomic E-state index is 12.8. The van der Waals surface area contributed by atoms with Crippen LogP contribution in [0.3, 0.4) is 0 Å². The Hall–Kier alpha value is -3.49. The van der Waals surface area contributed by atoms with Crippen molar-refractivity contribution in [3.8, 4) is 11.1 Å². The Labute approximate surface area is 208 Å². The van der Waals surface area contributed by atoms with Crippen LogP contribution in [0.15, 0.2) is 54.6 Å². The highest BCUT2D eigenvalue weighted by Crippen LogP contribution is 2.24. The second-order valence-electron chi connectivity index (χ2n) is 8.24. The molecule has 2 atom stereocenters. The van der Waals surface area contributed by atoms with Gasteiger partial charge in [-0.15, -0.1) is 0 Å². The van der Waals surface area contributed by atoms with E-state index in [1.54, 1.807) is 6.92 Å². The number of aliphatic carboxylic acids is 1. The van der Waals surface area contributed by atoms with E-state index in [1.807, 2.05) is 48.5 Å². The molecular formula is C26H28ClN3O5. The third-order valence-electron chi connectivity index (χ3n) is 5.56. The van der Waals surface area contributed by atoms with Crippen molar-refractivity contribution in [1.29, 1.82) is 0 Å². The van der Waals surface area contributed by atoms with Crippen molar-refractivity contribution in [2.75, 3.05) is 13.2 Å². The Balaban J connectivity index is 1.79. The molecule has 0 saturated heterocycles. The number of aromatic nitrogens is 2. The first-order chi connectivity index (χ1) is 16.8. The van der Waals surface area contributed by atoms with Gasteiger partial charge in [0.1, 0.15) is 5.69 Å². The third kappa shape index (κ3) is 7.50. The van der Waals surface area contributed by atoms with Gasteiger partial charge >= 0.3 is 5.97 Å². The van der Waals surface area contributed by atoms with Gasteiger partial charge in [-0.1, -0.05) is 48.0 Å². The number of carboxylic acids is 1. The number of nitrogens with zero attached hydrogens (tertiary/aromatic N) is 1. The molecule has 0 aliphatic carbocycles. The number of ether oxygens (including phenoxy) is 1. The van der Waals surface area contributed by atoms with Crippen LogP contribution in [0.5, 0.6) is 0 Å². The van der Waals surface area contributed by atoms with Gasteiger partial charge in [-0.3, -0.25) is 19.5 Å². The third-order valence-corrected chi connectivity index (χ3v) is 5.80. The molecule has 0 fully saturated rings. The van der Waals surface area contributed by atoms with Crippen molar-refractivity contribution in [3.05, 3.63) is 76.6 Å². The summed E-state index contributed by atoms with van der Waals surface area (Å²) in [5.74, 6) is -2.52. The predicted molar refractivity (Wildman–Crippen MR) is 133 cm³/mol. The number of aromatic amines is 1. The van der Waals surface area contributed by atoms with Crippen molar-refractivity contribution in [2.24, 2.45) is 5.92 Å². The van der Waals surface area contributed by atoms with Crippen molar-refractivity contribution in [2.45, 2.75) is 32.7 Å². The molecule has 0 unspecified atom stereocenters. The lowest BCUT2D eigenvalue weighted by atomic mass is 9.94. The number of carboxylic acid groups (broad SMARTS) is 1. The molecular weight excluding hydrogens is 470 g/mol. The molecule has 3 rings (SSSR count). The summed E-state index contributed by atoms with van der Waals surface area (Å²) < 4.78 is 5.34. The van der Waals surface area contributed by atoms with Crippen molar-refractivity contribution >= 4 is 29.3 Å². The number of halogens is 1. The van der Waals surface area contributed by atoms with E-state index >= 15 is 0 Å². The number of hydrogen-bond donors (Lipinski definition) is 3. The Bertz CT molecular complexity index is 1180. The lowest BCUT2D eigenvalue weighted by Crippen LogP contribution is -2.40. The topological polar surface area (TPSA) is 121 Å². The monoisotopic (exact) mass is 497 g/mol. The summed E-state index contributed by atoms with van der Waals surface area (Å²) in [5.41, 5.74) is 3.19. The Morgan fingerprint density at radius 3 is 2.46 bits per heavy atom. The zero-order valence-corrected chi connectivity index (χ0v) is 20.3. The minimum atomic E-state index is -0.993. The number of ketones is 1. The molecule has 3 N–H and O–H groups in total. The smallest absolute Gasteiger partial charge is 0.308 e.